The molecule has 0 aliphatic carbocycles. The Morgan fingerprint density at radius 1 is 0.690 bits per heavy atom. The molecular formula is C22H37N7O13. The summed E-state index contributed by atoms with van der Waals surface area (Å²) in [5.74, 6) is 0. The first kappa shape index (κ1) is 32.6. The molecule has 2 aromatic rings. The van der Waals surface area contributed by atoms with E-state index in [2.05, 4.69) is 20.6 Å². The SMILES string of the molecule is NC(CO)(COCc1cn([C@@H]2O[C@H](CO)[C@H](O)[C@H](O)[C@H]2O)nn1)COCc1cn([C@@H]2O[C@H](CO)[C@H](O)[C@H](O)[C@H]2O)nn1. The Bertz CT molecular complexity index is 1040. The van der Waals surface area contributed by atoms with Crippen LogP contribution < -0.4 is 5.73 Å². The molecule has 0 radical (unpaired) electrons. The molecule has 0 aromatic carbocycles. The van der Waals surface area contributed by atoms with Crippen LogP contribution in [0.5, 0.6) is 0 Å². The van der Waals surface area contributed by atoms with E-state index >= 15 is 0 Å². The highest BCUT2D eigenvalue weighted by Crippen LogP contribution is 2.29. The second-order valence-corrected chi connectivity index (χ2v) is 10.3. The van der Waals surface area contributed by atoms with Gasteiger partial charge >= 0.3 is 0 Å². The normalized spacial score (nSPS) is 34.1. The smallest absolute Gasteiger partial charge is 0.180 e. The highest BCUT2D eigenvalue weighted by molar-refractivity contribution is 4.97. The zero-order valence-corrected chi connectivity index (χ0v) is 22.3. The van der Waals surface area contributed by atoms with E-state index in [1.54, 1.807) is 0 Å². The molecule has 2 aromatic heterocycles. The molecule has 0 unspecified atom stereocenters. The van der Waals surface area contributed by atoms with Crippen molar-refractivity contribution in [3.05, 3.63) is 23.8 Å². The average Bonchev–Trinajstić information content (AvgIpc) is 3.65. The van der Waals surface area contributed by atoms with Crippen molar-refractivity contribution in [2.75, 3.05) is 33.0 Å². The Balaban J connectivity index is 1.25. The summed E-state index contributed by atoms with van der Waals surface area (Å²) in [5.41, 5.74) is 5.43. The maximum atomic E-state index is 10.2. The molecule has 42 heavy (non-hydrogen) atoms. The van der Waals surface area contributed by atoms with Crippen LogP contribution >= 0.6 is 0 Å². The number of aliphatic hydroxyl groups excluding tert-OH is 9. The summed E-state index contributed by atoms with van der Waals surface area (Å²) in [6, 6.07) is 0. The van der Waals surface area contributed by atoms with Gasteiger partial charge in [0.25, 0.3) is 0 Å². The largest absolute Gasteiger partial charge is 0.394 e. The van der Waals surface area contributed by atoms with E-state index in [4.69, 9.17) is 24.7 Å². The van der Waals surface area contributed by atoms with E-state index in [0.29, 0.717) is 0 Å². The summed E-state index contributed by atoms with van der Waals surface area (Å²) < 4.78 is 24.2. The van der Waals surface area contributed by atoms with Crippen molar-refractivity contribution >= 4 is 0 Å². The lowest BCUT2D eigenvalue weighted by Gasteiger charge is -2.39. The van der Waals surface area contributed by atoms with Crippen molar-refractivity contribution in [1.29, 1.82) is 0 Å². The van der Waals surface area contributed by atoms with Gasteiger partial charge in [-0.05, 0) is 0 Å². The minimum atomic E-state index is -1.58. The van der Waals surface area contributed by atoms with Crippen LogP contribution in [0.1, 0.15) is 23.8 Å². The molecule has 2 aliphatic heterocycles. The fourth-order valence-electron chi connectivity index (χ4n) is 4.46. The minimum absolute atomic E-state index is 0.107. The lowest BCUT2D eigenvalue weighted by atomic mass is 9.98. The third-order valence-corrected chi connectivity index (χ3v) is 6.96. The van der Waals surface area contributed by atoms with E-state index in [-0.39, 0.29) is 37.8 Å². The zero-order chi connectivity index (χ0) is 30.6. The van der Waals surface area contributed by atoms with Crippen molar-refractivity contribution in [3.8, 4) is 0 Å². The molecule has 20 nitrogen and oxygen atoms in total. The second-order valence-electron chi connectivity index (χ2n) is 10.3. The average molecular weight is 608 g/mol. The predicted octanol–water partition coefficient (Wildman–Crippen LogP) is -6.76. The number of hydrogen-bond donors (Lipinski definition) is 10. The molecular weight excluding hydrogens is 570 g/mol. The molecule has 11 N–H and O–H groups in total. The molecule has 4 rings (SSSR count). The van der Waals surface area contributed by atoms with Gasteiger partial charge in [0.15, 0.2) is 12.5 Å². The van der Waals surface area contributed by atoms with Gasteiger partial charge in [-0.2, -0.15) is 0 Å². The van der Waals surface area contributed by atoms with Crippen LogP contribution in [0.3, 0.4) is 0 Å². The number of aliphatic hydroxyl groups is 9. The Kier molecular flexibility index (Phi) is 10.9. The first-order valence-electron chi connectivity index (χ1n) is 13.0. The van der Waals surface area contributed by atoms with Gasteiger partial charge in [0.05, 0.1) is 64.2 Å². The van der Waals surface area contributed by atoms with Gasteiger partial charge in [-0.15, -0.1) is 10.2 Å². The summed E-state index contributed by atoms with van der Waals surface area (Å²) in [5, 5.41) is 104. The van der Waals surface area contributed by atoms with E-state index in [1.165, 1.54) is 12.4 Å². The fourth-order valence-corrected chi connectivity index (χ4v) is 4.46. The molecule has 0 saturated carbocycles. The number of nitrogens with two attached hydrogens (primary N) is 1. The van der Waals surface area contributed by atoms with Gasteiger partial charge in [0.1, 0.15) is 60.2 Å². The van der Waals surface area contributed by atoms with Gasteiger partial charge in [0, 0.05) is 0 Å². The molecule has 0 amide bonds. The Hall–Kier alpha value is -2.28. The van der Waals surface area contributed by atoms with Crippen LogP contribution in [0.25, 0.3) is 0 Å². The van der Waals surface area contributed by atoms with E-state index in [1.807, 2.05) is 0 Å². The summed E-state index contributed by atoms with van der Waals surface area (Å²) in [6.45, 7) is -2.26. The van der Waals surface area contributed by atoms with Crippen molar-refractivity contribution in [2.45, 2.75) is 80.0 Å². The minimum Gasteiger partial charge on any atom is -0.394 e. The van der Waals surface area contributed by atoms with Crippen molar-refractivity contribution < 1.29 is 64.9 Å². The van der Waals surface area contributed by atoms with Gasteiger partial charge in [-0.3, -0.25) is 0 Å². The Morgan fingerprint density at radius 2 is 1.10 bits per heavy atom. The monoisotopic (exact) mass is 607 g/mol. The second kappa shape index (κ2) is 14.0. The number of rotatable bonds is 13. The summed E-state index contributed by atoms with van der Waals surface area (Å²) in [4.78, 5) is 0. The number of ether oxygens (including phenoxy) is 4. The zero-order valence-electron chi connectivity index (χ0n) is 22.3. The van der Waals surface area contributed by atoms with Gasteiger partial charge in [0.2, 0.25) is 0 Å². The van der Waals surface area contributed by atoms with Crippen molar-refractivity contribution in [2.24, 2.45) is 5.73 Å². The van der Waals surface area contributed by atoms with Crippen LogP contribution in [0, 0.1) is 0 Å². The van der Waals surface area contributed by atoms with Crippen LogP contribution in [-0.4, -0.2) is 163 Å². The van der Waals surface area contributed by atoms with Gasteiger partial charge < -0.3 is 70.6 Å². The van der Waals surface area contributed by atoms with Crippen LogP contribution in [0.4, 0.5) is 0 Å². The van der Waals surface area contributed by atoms with Gasteiger partial charge in [-0.1, -0.05) is 10.4 Å². The van der Waals surface area contributed by atoms with Crippen LogP contribution in [0.2, 0.25) is 0 Å². The summed E-state index contributed by atoms with van der Waals surface area (Å²) in [6.07, 6.45) is -11.2. The summed E-state index contributed by atoms with van der Waals surface area (Å²) in [7, 11) is 0. The molecule has 238 valence electrons. The molecule has 2 fully saturated rings. The van der Waals surface area contributed by atoms with Crippen LogP contribution in [0.15, 0.2) is 12.4 Å². The highest BCUT2D eigenvalue weighted by Gasteiger charge is 2.46. The van der Waals surface area contributed by atoms with E-state index < -0.39 is 86.6 Å². The highest BCUT2D eigenvalue weighted by atomic mass is 16.6. The Labute approximate surface area is 238 Å². The maximum Gasteiger partial charge on any atom is 0.180 e. The fraction of sp³-hybridized carbons (Fsp3) is 0.818. The molecule has 2 saturated heterocycles. The molecule has 4 heterocycles. The predicted molar refractivity (Wildman–Crippen MR) is 131 cm³/mol. The topological polar surface area (TPSA) is 306 Å². The number of nitrogens with zero attached hydrogens (tertiary/aromatic N) is 6. The number of aromatic nitrogens is 6. The standard InChI is InChI=1S/C22H37N7O13/c23-22(7-32,8-39-5-10-1-28(26-24-10)20-18(37)16(35)14(33)12(3-30)41-20)9-40-6-11-2-29(27-25-11)21-19(38)17(36)15(34)13(4-31)42-21/h1-2,12-21,30-38H,3-9,23H2/t12-,13-,14+,15+,16+,17+,18-,19-,20-,21-/m1/s1. The van der Waals surface area contributed by atoms with Crippen molar-refractivity contribution in [3.63, 3.8) is 0 Å². The number of hydrogen-bond acceptors (Lipinski definition) is 18. The quantitative estimate of drug-likeness (QED) is 0.101. The molecule has 10 atom stereocenters. The summed E-state index contributed by atoms with van der Waals surface area (Å²) >= 11 is 0. The van der Waals surface area contributed by atoms with E-state index in [0.717, 1.165) is 9.36 Å². The molecule has 20 heteroatoms. The van der Waals surface area contributed by atoms with Crippen LogP contribution in [-0.2, 0) is 32.2 Å². The van der Waals surface area contributed by atoms with E-state index in [9.17, 15) is 46.0 Å². The lowest BCUT2D eigenvalue weighted by molar-refractivity contribution is -0.254. The van der Waals surface area contributed by atoms with Gasteiger partial charge in [-0.25, -0.2) is 9.36 Å². The first-order chi connectivity index (χ1) is 20.0. The molecule has 0 spiro atoms. The maximum absolute atomic E-state index is 10.2. The first-order valence-corrected chi connectivity index (χ1v) is 13.0. The Morgan fingerprint density at radius 3 is 1.45 bits per heavy atom. The third kappa shape index (κ3) is 7.09. The molecule has 0 bridgehead atoms. The third-order valence-electron chi connectivity index (χ3n) is 6.96. The van der Waals surface area contributed by atoms with Crippen molar-refractivity contribution in [1.82, 2.24) is 30.0 Å². The molecule has 2 aliphatic rings. The lowest BCUT2D eigenvalue weighted by Crippen LogP contribution is -2.56.